The number of nitrogens with zero attached hydrogens (tertiary/aromatic N) is 2. The van der Waals surface area contributed by atoms with Crippen LogP contribution in [-0.2, 0) is 4.79 Å². The van der Waals surface area contributed by atoms with Crippen LogP contribution in [-0.4, -0.2) is 21.3 Å². The standard InChI is InChI=1S/C12H10N2O4S/c1-7-13-14-12(18-7)19-10(11(16)17)6-8-4-2-3-5-9(8)15/h2-6,15H,1H3,(H,16,17)/p-1/b10-6-. The lowest BCUT2D eigenvalue weighted by atomic mass is 10.2. The van der Waals surface area contributed by atoms with E-state index in [0.29, 0.717) is 11.5 Å². The molecule has 0 aliphatic heterocycles. The Bertz CT molecular complexity index is 636. The molecule has 0 aliphatic rings. The number of carboxylic acid groups (broad SMARTS) is 1. The summed E-state index contributed by atoms with van der Waals surface area (Å²) in [6.07, 6.45) is 1.29. The van der Waals surface area contributed by atoms with E-state index in [2.05, 4.69) is 10.2 Å². The van der Waals surface area contributed by atoms with Gasteiger partial charge in [-0.05, 0) is 23.4 Å². The SMILES string of the molecule is Cc1nnc(S/C(=C\c2ccccc2[O-])C(=O)O)o1. The Labute approximate surface area is 112 Å². The van der Waals surface area contributed by atoms with E-state index in [0.717, 1.165) is 11.8 Å². The molecule has 98 valence electrons. The molecule has 2 rings (SSSR count). The van der Waals surface area contributed by atoms with Crippen molar-refractivity contribution in [3.63, 3.8) is 0 Å². The van der Waals surface area contributed by atoms with Crippen molar-refractivity contribution in [2.24, 2.45) is 0 Å². The maximum absolute atomic E-state index is 11.5. The van der Waals surface area contributed by atoms with Crippen molar-refractivity contribution in [3.8, 4) is 5.75 Å². The molecule has 2 aromatic rings. The summed E-state index contributed by atoms with van der Waals surface area (Å²) in [6.45, 7) is 1.61. The molecule has 0 bridgehead atoms. The fourth-order valence-corrected chi connectivity index (χ4v) is 1.99. The van der Waals surface area contributed by atoms with Crippen molar-refractivity contribution >= 4 is 23.8 Å². The molecule has 0 atom stereocenters. The van der Waals surface area contributed by atoms with Crippen molar-refractivity contribution in [2.75, 3.05) is 0 Å². The molecule has 0 radical (unpaired) electrons. The summed E-state index contributed by atoms with van der Waals surface area (Å²) in [5.74, 6) is -1.07. The Morgan fingerprint density at radius 3 is 2.74 bits per heavy atom. The summed E-state index contributed by atoms with van der Waals surface area (Å²) >= 11 is 0.804. The average Bonchev–Trinajstić information content (AvgIpc) is 2.76. The van der Waals surface area contributed by atoms with Crippen LogP contribution in [0.4, 0.5) is 0 Å². The van der Waals surface area contributed by atoms with E-state index in [1.54, 1.807) is 25.1 Å². The zero-order valence-electron chi connectivity index (χ0n) is 9.86. The Morgan fingerprint density at radius 2 is 2.16 bits per heavy atom. The van der Waals surface area contributed by atoms with Gasteiger partial charge in [0.05, 0.1) is 0 Å². The van der Waals surface area contributed by atoms with Crippen molar-refractivity contribution in [1.82, 2.24) is 10.2 Å². The highest BCUT2D eigenvalue weighted by Gasteiger charge is 2.14. The number of hydrogen-bond acceptors (Lipinski definition) is 6. The number of rotatable bonds is 4. The van der Waals surface area contributed by atoms with E-state index < -0.39 is 5.97 Å². The molecule has 0 saturated carbocycles. The molecule has 0 saturated heterocycles. The molecule has 1 N–H and O–H groups in total. The number of carboxylic acids is 1. The molecule has 1 aromatic carbocycles. The van der Waals surface area contributed by atoms with Gasteiger partial charge in [-0.25, -0.2) is 4.79 Å². The first-order chi connectivity index (χ1) is 9.06. The molecule has 6 nitrogen and oxygen atoms in total. The van der Waals surface area contributed by atoms with Gasteiger partial charge in [0, 0.05) is 6.92 Å². The number of thioether (sulfide) groups is 1. The van der Waals surface area contributed by atoms with Gasteiger partial charge < -0.3 is 14.6 Å². The van der Waals surface area contributed by atoms with Gasteiger partial charge in [0.25, 0.3) is 5.22 Å². The molecular weight excluding hydrogens is 268 g/mol. The number of aryl methyl sites for hydroxylation is 1. The Morgan fingerprint density at radius 1 is 1.42 bits per heavy atom. The van der Waals surface area contributed by atoms with Crippen molar-refractivity contribution < 1.29 is 19.4 Å². The quantitative estimate of drug-likeness (QED) is 0.670. The van der Waals surface area contributed by atoms with Crippen LogP contribution in [0.2, 0.25) is 0 Å². The third-order valence-electron chi connectivity index (χ3n) is 2.12. The van der Waals surface area contributed by atoms with Crippen LogP contribution in [0.15, 0.2) is 38.8 Å². The lowest BCUT2D eigenvalue weighted by Gasteiger charge is -2.09. The van der Waals surface area contributed by atoms with E-state index in [1.165, 1.54) is 12.1 Å². The summed E-state index contributed by atoms with van der Waals surface area (Å²) in [5.41, 5.74) is 0.295. The first-order valence-electron chi connectivity index (χ1n) is 5.25. The van der Waals surface area contributed by atoms with Crippen molar-refractivity contribution in [3.05, 3.63) is 40.6 Å². The second-order valence-electron chi connectivity index (χ2n) is 3.54. The van der Waals surface area contributed by atoms with E-state index in [9.17, 15) is 9.90 Å². The first-order valence-corrected chi connectivity index (χ1v) is 6.07. The molecule has 0 aliphatic carbocycles. The number of benzene rings is 1. The van der Waals surface area contributed by atoms with E-state index in [-0.39, 0.29) is 15.9 Å². The van der Waals surface area contributed by atoms with Crippen LogP contribution in [0, 0.1) is 6.92 Å². The molecule has 0 unspecified atom stereocenters. The fourth-order valence-electron chi connectivity index (χ4n) is 1.29. The molecule has 0 amide bonds. The summed E-state index contributed by atoms with van der Waals surface area (Å²) in [4.78, 5) is 11.1. The highest BCUT2D eigenvalue weighted by Crippen LogP contribution is 2.28. The molecule has 7 heteroatoms. The number of aliphatic carboxylic acids is 1. The predicted molar refractivity (Wildman–Crippen MR) is 66.4 cm³/mol. The Hall–Kier alpha value is -2.28. The minimum absolute atomic E-state index is 0.0630. The molecule has 0 fully saturated rings. The van der Waals surface area contributed by atoms with Gasteiger partial charge in [0.1, 0.15) is 4.91 Å². The topological polar surface area (TPSA) is 99.3 Å². The highest BCUT2D eigenvalue weighted by molar-refractivity contribution is 8.03. The number of para-hydroxylation sites is 1. The van der Waals surface area contributed by atoms with Crippen LogP contribution >= 0.6 is 11.8 Å². The Kier molecular flexibility index (Phi) is 3.86. The van der Waals surface area contributed by atoms with Gasteiger partial charge in [-0.1, -0.05) is 24.3 Å². The predicted octanol–water partition coefficient (Wildman–Crippen LogP) is 1.67. The van der Waals surface area contributed by atoms with Gasteiger partial charge in [-0.2, -0.15) is 0 Å². The molecule has 19 heavy (non-hydrogen) atoms. The third kappa shape index (κ3) is 3.35. The number of carbonyl (C=O) groups is 1. The normalized spacial score (nSPS) is 11.5. The van der Waals surface area contributed by atoms with Gasteiger partial charge >= 0.3 is 5.97 Å². The fraction of sp³-hybridized carbons (Fsp3) is 0.0833. The van der Waals surface area contributed by atoms with Crippen molar-refractivity contribution in [2.45, 2.75) is 12.1 Å². The summed E-state index contributed by atoms with van der Waals surface area (Å²) in [6, 6.07) is 6.17. The minimum Gasteiger partial charge on any atom is -0.872 e. The molecular formula is C12H9N2O4S-. The molecule has 0 spiro atoms. The van der Waals surface area contributed by atoms with Gasteiger partial charge in [-0.15, -0.1) is 15.9 Å². The Balaban J connectivity index is 2.30. The zero-order valence-corrected chi connectivity index (χ0v) is 10.7. The minimum atomic E-state index is -1.16. The number of hydrogen-bond donors (Lipinski definition) is 1. The lowest BCUT2D eigenvalue weighted by molar-refractivity contribution is -0.268. The lowest BCUT2D eigenvalue weighted by Crippen LogP contribution is -1.98. The maximum atomic E-state index is 11.5. The summed E-state index contributed by atoms with van der Waals surface area (Å²) in [7, 11) is 0. The smallest absolute Gasteiger partial charge is 0.342 e. The molecule has 1 aromatic heterocycles. The maximum Gasteiger partial charge on any atom is 0.342 e. The first kappa shape index (κ1) is 13.2. The van der Waals surface area contributed by atoms with Crippen LogP contribution < -0.4 is 5.11 Å². The van der Waals surface area contributed by atoms with Crippen molar-refractivity contribution in [1.29, 1.82) is 0 Å². The number of aromatic nitrogens is 2. The van der Waals surface area contributed by atoms with E-state index >= 15 is 0 Å². The monoisotopic (exact) mass is 277 g/mol. The summed E-state index contributed by atoms with van der Waals surface area (Å²) in [5, 5.41) is 28.1. The van der Waals surface area contributed by atoms with Crippen LogP contribution in [0.25, 0.3) is 6.08 Å². The second kappa shape index (κ2) is 5.57. The van der Waals surface area contributed by atoms with Gasteiger partial charge in [-0.3, -0.25) is 0 Å². The third-order valence-corrected chi connectivity index (χ3v) is 2.97. The second-order valence-corrected chi connectivity index (χ2v) is 4.53. The van der Waals surface area contributed by atoms with Crippen LogP contribution in [0.3, 0.4) is 0 Å². The van der Waals surface area contributed by atoms with E-state index in [1.807, 2.05) is 0 Å². The highest BCUT2D eigenvalue weighted by atomic mass is 32.2. The average molecular weight is 277 g/mol. The van der Waals surface area contributed by atoms with Gasteiger partial charge in [0.2, 0.25) is 5.89 Å². The van der Waals surface area contributed by atoms with Crippen LogP contribution in [0.5, 0.6) is 5.75 Å². The van der Waals surface area contributed by atoms with Crippen LogP contribution in [0.1, 0.15) is 11.5 Å². The van der Waals surface area contributed by atoms with Gasteiger partial charge in [0.15, 0.2) is 0 Å². The molecule has 1 heterocycles. The van der Waals surface area contributed by atoms with E-state index in [4.69, 9.17) is 9.52 Å². The largest absolute Gasteiger partial charge is 0.872 e. The summed E-state index contributed by atoms with van der Waals surface area (Å²) < 4.78 is 5.09. The zero-order chi connectivity index (χ0) is 13.8.